The summed E-state index contributed by atoms with van der Waals surface area (Å²) in [6.07, 6.45) is 0. The van der Waals surface area contributed by atoms with Crippen LogP contribution in [0.25, 0.3) is 0 Å². The summed E-state index contributed by atoms with van der Waals surface area (Å²) in [7, 11) is 0. The summed E-state index contributed by atoms with van der Waals surface area (Å²) in [6, 6.07) is 0. The Morgan fingerprint density at radius 3 is 3.17 bits per heavy atom. The van der Waals surface area contributed by atoms with Gasteiger partial charge in [-0.15, -0.1) is 0 Å². The highest BCUT2D eigenvalue weighted by Crippen LogP contribution is 2.24. The number of hydrogen-bond acceptors (Lipinski definition) is 4. The van der Waals surface area contributed by atoms with E-state index in [1.54, 1.807) is 16.3 Å². The maximum atomic E-state index is 11.5. The summed E-state index contributed by atoms with van der Waals surface area (Å²) in [5.74, 6) is 1.18. The van der Waals surface area contributed by atoms with E-state index in [2.05, 4.69) is 20.9 Å². The van der Waals surface area contributed by atoms with Crippen molar-refractivity contribution in [3.8, 4) is 0 Å². The first kappa shape index (κ1) is 8.12. The van der Waals surface area contributed by atoms with Gasteiger partial charge in [0.05, 0.1) is 0 Å². The monoisotopic (exact) mass is 247 g/mol. The quantitative estimate of drug-likeness (QED) is 0.686. The van der Waals surface area contributed by atoms with Crippen molar-refractivity contribution < 1.29 is 0 Å². The number of halogens is 1. The Morgan fingerprint density at radius 1 is 1.67 bits per heavy atom. The first-order valence-electron chi connectivity index (χ1n) is 3.39. The Morgan fingerprint density at radius 2 is 2.42 bits per heavy atom. The van der Waals surface area contributed by atoms with Crippen LogP contribution in [0.2, 0.25) is 0 Å². The van der Waals surface area contributed by atoms with E-state index in [1.807, 2.05) is 0 Å². The molecule has 0 saturated carbocycles. The molecular formula is C6H6BrN3OS. The fourth-order valence-corrected chi connectivity index (χ4v) is 2.32. The number of fused-ring (bicyclic) bond motifs is 1. The molecule has 0 spiro atoms. The lowest BCUT2D eigenvalue weighted by Gasteiger charge is -2.02. The predicted molar refractivity (Wildman–Crippen MR) is 51.3 cm³/mol. The first-order valence-corrected chi connectivity index (χ1v) is 5.16. The highest BCUT2D eigenvalue weighted by atomic mass is 79.9. The Hall–Kier alpha value is -0.490. The number of nitrogens with two attached hydrogens (primary N) is 1. The predicted octanol–water partition coefficient (Wildman–Crippen LogP) is 0.694. The molecule has 0 radical (unpaired) electrons. The molecule has 0 aromatic carbocycles. The largest absolute Gasteiger partial charge is 0.383 e. The summed E-state index contributed by atoms with van der Waals surface area (Å²) in [4.78, 5) is 15.5. The molecule has 2 rings (SSSR count). The molecule has 2 N–H and O–H groups in total. The zero-order chi connectivity index (χ0) is 8.72. The molecule has 0 saturated heterocycles. The molecule has 1 aliphatic rings. The Balaban J connectivity index is 2.76. The highest BCUT2D eigenvalue weighted by molar-refractivity contribution is 9.10. The van der Waals surface area contributed by atoms with E-state index in [4.69, 9.17) is 5.73 Å². The van der Waals surface area contributed by atoms with E-state index >= 15 is 0 Å². The van der Waals surface area contributed by atoms with Gasteiger partial charge in [-0.2, -0.15) is 0 Å². The van der Waals surface area contributed by atoms with Gasteiger partial charge in [0.2, 0.25) is 0 Å². The Labute approximate surface area is 81.3 Å². The van der Waals surface area contributed by atoms with Crippen molar-refractivity contribution in [2.45, 2.75) is 11.7 Å². The zero-order valence-electron chi connectivity index (χ0n) is 6.08. The maximum absolute atomic E-state index is 11.5. The lowest BCUT2D eigenvalue weighted by molar-refractivity contribution is 0.654. The molecule has 0 bridgehead atoms. The van der Waals surface area contributed by atoms with Crippen molar-refractivity contribution in [2.75, 3.05) is 11.5 Å². The van der Waals surface area contributed by atoms with E-state index in [0.717, 1.165) is 17.5 Å². The first-order chi connectivity index (χ1) is 5.70. The van der Waals surface area contributed by atoms with Crippen molar-refractivity contribution in [1.29, 1.82) is 0 Å². The zero-order valence-corrected chi connectivity index (χ0v) is 8.48. The molecule has 0 aliphatic carbocycles. The fraction of sp³-hybridized carbons (Fsp3) is 0.333. The lowest BCUT2D eigenvalue weighted by atomic mass is 10.5. The van der Waals surface area contributed by atoms with E-state index < -0.39 is 0 Å². The maximum Gasteiger partial charge on any atom is 0.270 e. The van der Waals surface area contributed by atoms with Crippen LogP contribution in [0.4, 0.5) is 5.82 Å². The van der Waals surface area contributed by atoms with Crippen LogP contribution in [0.1, 0.15) is 0 Å². The van der Waals surface area contributed by atoms with Crippen LogP contribution < -0.4 is 11.3 Å². The number of thioether (sulfide) groups is 1. The minimum atomic E-state index is -0.0810. The van der Waals surface area contributed by atoms with Gasteiger partial charge in [-0.1, -0.05) is 11.8 Å². The van der Waals surface area contributed by atoms with Crippen LogP contribution in [0.5, 0.6) is 0 Å². The molecule has 0 atom stereocenters. The molecule has 4 nitrogen and oxygen atoms in total. The number of nitrogen functional groups attached to an aromatic ring is 1. The molecular weight excluding hydrogens is 242 g/mol. The second-order valence-electron chi connectivity index (χ2n) is 2.40. The summed E-state index contributed by atoms with van der Waals surface area (Å²) >= 11 is 4.66. The highest BCUT2D eigenvalue weighted by Gasteiger charge is 2.17. The van der Waals surface area contributed by atoms with Gasteiger partial charge in [0.15, 0.2) is 5.16 Å². The fourth-order valence-electron chi connectivity index (χ4n) is 1.06. The molecule has 2 heterocycles. The third-order valence-electron chi connectivity index (χ3n) is 1.65. The Kier molecular flexibility index (Phi) is 1.88. The van der Waals surface area contributed by atoms with Crippen molar-refractivity contribution in [3.63, 3.8) is 0 Å². The van der Waals surface area contributed by atoms with E-state index in [-0.39, 0.29) is 11.4 Å². The summed E-state index contributed by atoms with van der Waals surface area (Å²) in [6.45, 7) is 0.727. The average Bonchev–Trinajstić information content (AvgIpc) is 2.48. The molecule has 1 aromatic rings. The van der Waals surface area contributed by atoms with Crippen LogP contribution >= 0.6 is 27.7 Å². The minimum Gasteiger partial charge on any atom is -0.383 e. The van der Waals surface area contributed by atoms with Gasteiger partial charge in [0.25, 0.3) is 5.56 Å². The van der Waals surface area contributed by atoms with E-state index in [0.29, 0.717) is 4.47 Å². The summed E-state index contributed by atoms with van der Waals surface area (Å²) in [5, 5.41) is 0.723. The molecule has 0 amide bonds. The SMILES string of the molecule is Nc1nc2n(c(=O)c1Br)CCS2. The van der Waals surface area contributed by atoms with Crippen molar-refractivity contribution in [1.82, 2.24) is 9.55 Å². The van der Waals surface area contributed by atoms with E-state index in [1.165, 1.54) is 0 Å². The van der Waals surface area contributed by atoms with Gasteiger partial charge in [-0.05, 0) is 15.9 Å². The third-order valence-corrected chi connectivity index (χ3v) is 3.35. The second kappa shape index (κ2) is 2.77. The molecule has 12 heavy (non-hydrogen) atoms. The van der Waals surface area contributed by atoms with Crippen LogP contribution in [0.15, 0.2) is 14.4 Å². The molecule has 1 aromatic heterocycles. The molecule has 0 unspecified atom stereocenters. The normalized spacial score (nSPS) is 14.8. The number of nitrogens with zero attached hydrogens (tertiary/aromatic N) is 2. The summed E-state index contributed by atoms with van der Waals surface area (Å²) in [5.41, 5.74) is 5.43. The van der Waals surface area contributed by atoms with Gasteiger partial charge < -0.3 is 5.73 Å². The van der Waals surface area contributed by atoms with E-state index in [9.17, 15) is 4.79 Å². The van der Waals surface area contributed by atoms with Crippen molar-refractivity contribution >= 4 is 33.5 Å². The standard InChI is InChI=1S/C6H6BrN3OS/c7-3-4(8)9-6-10(5(3)11)1-2-12-6/h1-2,8H2. The number of aromatic nitrogens is 2. The van der Waals surface area contributed by atoms with Crippen LogP contribution in [-0.4, -0.2) is 15.3 Å². The van der Waals surface area contributed by atoms with Gasteiger partial charge in [0.1, 0.15) is 10.3 Å². The van der Waals surface area contributed by atoms with Crippen LogP contribution in [0, 0.1) is 0 Å². The molecule has 1 aliphatic heterocycles. The van der Waals surface area contributed by atoms with Crippen molar-refractivity contribution in [3.05, 3.63) is 14.8 Å². The van der Waals surface area contributed by atoms with Crippen LogP contribution in [-0.2, 0) is 6.54 Å². The molecule has 64 valence electrons. The molecule has 6 heteroatoms. The van der Waals surface area contributed by atoms with Gasteiger partial charge in [0, 0.05) is 12.3 Å². The second-order valence-corrected chi connectivity index (χ2v) is 4.25. The Bertz CT molecular complexity index is 389. The smallest absolute Gasteiger partial charge is 0.270 e. The lowest BCUT2D eigenvalue weighted by Crippen LogP contribution is -2.22. The minimum absolute atomic E-state index is 0.0810. The van der Waals surface area contributed by atoms with Crippen molar-refractivity contribution in [2.24, 2.45) is 0 Å². The average molecular weight is 248 g/mol. The summed E-state index contributed by atoms with van der Waals surface area (Å²) < 4.78 is 2.00. The van der Waals surface area contributed by atoms with Gasteiger partial charge >= 0.3 is 0 Å². The number of hydrogen-bond donors (Lipinski definition) is 1. The van der Waals surface area contributed by atoms with Crippen LogP contribution in [0.3, 0.4) is 0 Å². The number of anilines is 1. The molecule has 0 fully saturated rings. The van der Waals surface area contributed by atoms with Gasteiger partial charge in [-0.3, -0.25) is 9.36 Å². The topological polar surface area (TPSA) is 60.9 Å². The third kappa shape index (κ3) is 1.06. The number of rotatable bonds is 0. The van der Waals surface area contributed by atoms with Gasteiger partial charge in [-0.25, -0.2) is 4.98 Å².